The number of hydrogen-bond donors (Lipinski definition) is 1. The van der Waals surface area contributed by atoms with Crippen LogP contribution in [0.25, 0.3) is 0 Å². The number of nitrogens with zero attached hydrogens (tertiary/aromatic N) is 1. The summed E-state index contributed by atoms with van der Waals surface area (Å²) in [6, 6.07) is 11.6. The first-order chi connectivity index (χ1) is 9.86. The minimum atomic E-state index is 0.601. The number of hydrogen-bond acceptors (Lipinski definition) is 4. The van der Waals surface area contributed by atoms with Gasteiger partial charge in [0.2, 0.25) is 0 Å². The second-order valence-corrected chi connectivity index (χ2v) is 7.65. The van der Waals surface area contributed by atoms with Crippen molar-refractivity contribution >= 4 is 23.1 Å². The van der Waals surface area contributed by atoms with Crippen molar-refractivity contribution in [2.24, 2.45) is 0 Å². The van der Waals surface area contributed by atoms with Gasteiger partial charge in [0.15, 0.2) is 0 Å². The van der Waals surface area contributed by atoms with E-state index in [2.05, 4.69) is 53.1 Å². The first-order valence-corrected chi connectivity index (χ1v) is 8.91. The topological polar surface area (TPSA) is 24.9 Å². The minimum absolute atomic E-state index is 0.601. The van der Waals surface area contributed by atoms with E-state index in [1.54, 1.807) is 11.3 Å². The summed E-state index contributed by atoms with van der Waals surface area (Å²) in [7, 11) is 2.09. The maximum atomic E-state index is 4.43. The van der Waals surface area contributed by atoms with Gasteiger partial charge in [-0.05, 0) is 37.8 Å². The lowest BCUT2D eigenvalue weighted by Crippen LogP contribution is -2.40. The molecule has 0 spiro atoms. The van der Waals surface area contributed by atoms with E-state index in [0.717, 1.165) is 0 Å². The van der Waals surface area contributed by atoms with Crippen LogP contribution in [-0.4, -0.2) is 23.3 Å². The maximum absolute atomic E-state index is 4.43. The summed E-state index contributed by atoms with van der Waals surface area (Å²) in [5.41, 5.74) is 1.49. The summed E-state index contributed by atoms with van der Waals surface area (Å²) >= 11 is 3.70. The highest BCUT2D eigenvalue weighted by Crippen LogP contribution is 2.41. The van der Waals surface area contributed by atoms with Crippen LogP contribution in [-0.2, 0) is 0 Å². The maximum Gasteiger partial charge on any atom is 0.150 e. The first-order valence-electron chi connectivity index (χ1n) is 7.15. The lowest BCUT2D eigenvalue weighted by molar-refractivity contribution is 0.369. The van der Waals surface area contributed by atoms with Gasteiger partial charge < -0.3 is 5.32 Å². The molecule has 3 atom stereocenters. The molecule has 0 saturated heterocycles. The molecule has 2 nitrogen and oxygen atoms in total. The van der Waals surface area contributed by atoms with Gasteiger partial charge in [-0.2, -0.15) is 0 Å². The molecule has 1 N–H and O–H groups in total. The molecule has 1 saturated carbocycles. The van der Waals surface area contributed by atoms with Crippen molar-refractivity contribution in [1.29, 1.82) is 0 Å². The Bertz CT molecular complexity index is 513. The zero-order valence-electron chi connectivity index (χ0n) is 11.7. The summed E-state index contributed by atoms with van der Waals surface area (Å²) in [4.78, 5) is 4.43. The smallest absolute Gasteiger partial charge is 0.150 e. The fourth-order valence-electron chi connectivity index (χ4n) is 3.02. The summed E-state index contributed by atoms with van der Waals surface area (Å²) < 4.78 is 1.20. The third-order valence-corrected chi connectivity index (χ3v) is 6.37. The third-order valence-electron chi connectivity index (χ3n) is 4.10. The van der Waals surface area contributed by atoms with E-state index in [-0.39, 0.29) is 0 Å². The molecule has 1 heterocycles. The van der Waals surface area contributed by atoms with Crippen LogP contribution in [0.1, 0.15) is 30.7 Å². The average molecular weight is 304 g/mol. The Labute approximate surface area is 129 Å². The van der Waals surface area contributed by atoms with Gasteiger partial charge in [-0.25, -0.2) is 4.98 Å². The van der Waals surface area contributed by atoms with Crippen molar-refractivity contribution in [2.45, 2.75) is 40.8 Å². The number of aromatic nitrogens is 1. The molecule has 1 aromatic heterocycles. The monoisotopic (exact) mass is 304 g/mol. The largest absolute Gasteiger partial charge is 0.316 e. The van der Waals surface area contributed by atoms with Crippen molar-refractivity contribution < 1.29 is 0 Å². The lowest BCUT2D eigenvalue weighted by Gasteiger charge is -2.35. The zero-order valence-corrected chi connectivity index (χ0v) is 13.3. The van der Waals surface area contributed by atoms with Crippen LogP contribution in [0.15, 0.2) is 46.2 Å². The number of thiazole rings is 1. The molecule has 1 aliphatic rings. The molecule has 106 valence electrons. The van der Waals surface area contributed by atoms with Gasteiger partial charge in [0.05, 0.1) is 0 Å². The first kappa shape index (κ1) is 14.1. The van der Waals surface area contributed by atoms with Crippen molar-refractivity contribution in [3.05, 3.63) is 47.5 Å². The molecule has 0 radical (unpaired) electrons. The van der Waals surface area contributed by atoms with Crippen LogP contribution >= 0.6 is 23.1 Å². The molecular formula is C16H20N2S2. The van der Waals surface area contributed by atoms with E-state index in [0.29, 0.717) is 17.2 Å². The second kappa shape index (κ2) is 6.74. The quantitative estimate of drug-likeness (QED) is 0.918. The van der Waals surface area contributed by atoms with Gasteiger partial charge >= 0.3 is 0 Å². The Hall–Kier alpha value is -0.840. The Balaban J connectivity index is 1.72. The molecule has 0 aliphatic heterocycles. The van der Waals surface area contributed by atoms with Crippen molar-refractivity contribution in [3.63, 3.8) is 0 Å². The van der Waals surface area contributed by atoms with Crippen molar-refractivity contribution in [2.75, 3.05) is 7.05 Å². The molecule has 2 aromatic rings. The number of rotatable bonds is 4. The van der Waals surface area contributed by atoms with Crippen molar-refractivity contribution in [3.8, 4) is 0 Å². The summed E-state index contributed by atoms with van der Waals surface area (Å²) in [5, 5.41) is 6.17. The SMILES string of the molecule is CNC1CCC(c2ccccc2)CC1Sc1nccs1. The van der Waals surface area contributed by atoms with E-state index in [1.165, 1.54) is 29.2 Å². The molecule has 3 rings (SSSR count). The molecule has 20 heavy (non-hydrogen) atoms. The van der Waals surface area contributed by atoms with E-state index in [1.807, 2.05) is 18.0 Å². The van der Waals surface area contributed by atoms with Crippen LogP contribution in [0, 0.1) is 0 Å². The van der Waals surface area contributed by atoms with E-state index < -0.39 is 0 Å². The molecule has 0 amide bonds. The number of thioether (sulfide) groups is 1. The van der Waals surface area contributed by atoms with Gasteiger partial charge in [-0.1, -0.05) is 42.1 Å². The summed E-state index contributed by atoms with van der Waals surface area (Å²) in [5.74, 6) is 0.693. The van der Waals surface area contributed by atoms with E-state index >= 15 is 0 Å². The highest BCUT2D eigenvalue weighted by molar-refractivity contribution is 8.01. The fourth-order valence-corrected chi connectivity index (χ4v) is 5.28. The Morgan fingerprint density at radius 1 is 1.25 bits per heavy atom. The number of benzene rings is 1. The molecule has 3 unspecified atom stereocenters. The normalized spacial score (nSPS) is 26.6. The van der Waals surface area contributed by atoms with Gasteiger partial charge in [-0.15, -0.1) is 11.3 Å². The highest BCUT2D eigenvalue weighted by atomic mass is 32.2. The minimum Gasteiger partial charge on any atom is -0.316 e. The third kappa shape index (κ3) is 3.25. The van der Waals surface area contributed by atoms with Crippen LogP contribution in [0.4, 0.5) is 0 Å². The van der Waals surface area contributed by atoms with Crippen molar-refractivity contribution in [1.82, 2.24) is 10.3 Å². The Morgan fingerprint density at radius 3 is 2.80 bits per heavy atom. The van der Waals surface area contributed by atoms with Gasteiger partial charge in [0.25, 0.3) is 0 Å². The standard InChI is InChI=1S/C16H20N2S2/c1-17-14-8-7-13(12-5-3-2-4-6-12)11-15(14)20-16-18-9-10-19-16/h2-6,9-10,13-15,17H,7-8,11H2,1H3. The molecule has 0 bridgehead atoms. The molecule has 1 aromatic carbocycles. The average Bonchev–Trinajstić information content (AvgIpc) is 3.01. The zero-order chi connectivity index (χ0) is 13.8. The molecule has 4 heteroatoms. The Kier molecular flexibility index (Phi) is 4.76. The molecule has 1 fully saturated rings. The molecular weight excluding hydrogens is 284 g/mol. The predicted octanol–water partition coefficient (Wildman–Crippen LogP) is 4.16. The van der Waals surface area contributed by atoms with E-state index in [9.17, 15) is 0 Å². The lowest BCUT2D eigenvalue weighted by atomic mass is 9.81. The van der Waals surface area contributed by atoms with Gasteiger partial charge in [0.1, 0.15) is 4.34 Å². The van der Waals surface area contributed by atoms with Crippen LogP contribution in [0.3, 0.4) is 0 Å². The summed E-state index contributed by atoms with van der Waals surface area (Å²) in [6.07, 6.45) is 5.67. The van der Waals surface area contributed by atoms with Gasteiger partial charge in [0, 0.05) is 22.9 Å². The fraction of sp³-hybridized carbons (Fsp3) is 0.438. The summed E-state index contributed by atoms with van der Waals surface area (Å²) in [6.45, 7) is 0. The van der Waals surface area contributed by atoms with Crippen LogP contribution in [0.5, 0.6) is 0 Å². The van der Waals surface area contributed by atoms with Crippen LogP contribution in [0.2, 0.25) is 0 Å². The highest BCUT2D eigenvalue weighted by Gasteiger charge is 2.31. The number of nitrogens with one attached hydrogen (secondary N) is 1. The van der Waals surface area contributed by atoms with Crippen LogP contribution < -0.4 is 5.32 Å². The predicted molar refractivity (Wildman–Crippen MR) is 87.6 cm³/mol. The van der Waals surface area contributed by atoms with Gasteiger partial charge in [-0.3, -0.25) is 0 Å². The Morgan fingerprint density at radius 2 is 2.10 bits per heavy atom. The second-order valence-electron chi connectivity index (χ2n) is 5.27. The molecule has 1 aliphatic carbocycles. The van der Waals surface area contributed by atoms with E-state index in [4.69, 9.17) is 0 Å².